The standard InChI is InChI=1S/C6H8O3/c1-3-6(5(7)8)4(2)9-6/h1,3H2,2H3,(H,7,8). The van der Waals surface area contributed by atoms with Crippen molar-refractivity contribution in [3.8, 4) is 0 Å². The minimum absolute atomic E-state index is 0.272. The van der Waals surface area contributed by atoms with Crippen molar-refractivity contribution < 1.29 is 14.6 Å². The van der Waals surface area contributed by atoms with Gasteiger partial charge in [-0.2, -0.15) is 0 Å². The summed E-state index contributed by atoms with van der Waals surface area (Å²) in [5, 5.41) is 8.49. The summed E-state index contributed by atoms with van der Waals surface area (Å²) in [6.07, 6.45) is 0.832. The van der Waals surface area contributed by atoms with E-state index in [0.717, 1.165) is 0 Å². The van der Waals surface area contributed by atoms with E-state index in [1.165, 1.54) is 0 Å². The first kappa shape index (κ1) is 6.55. The van der Waals surface area contributed by atoms with Gasteiger partial charge in [-0.1, -0.05) is 0 Å². The van der Waals surface area contributed by atoms with Crippen LogP contribution in [0.3, 0.4) is 0 Å². The van der Waals surface area contributed by atoms with Gasteiger partial charge in [0.15, 0.2) is 5.60 Å². The highest BCUT2D eigenvalue weighted by atomic mass is 16.6. The van der Waals surface area contributed by atoms with E-state index in [1.54, 1.807) is 6.92 Å². The lowest BCUT2D eigenvalue weighted by molar-refractivity contribution is -0.143. The Morgan fingerprint density at radius 1 is 2.00 bits per heavy atom. The molecule has 0 bridgehead atoms. The monoisotopic (exact) mass is 128 g/mol. The highest BCUT2D eigenvalue weighted by molar-refractivity contribution is 5.84. The molecule has 1 fully saturated rings. The second-order valence-electron chi connectivity index (χ2n) is 2.04. The molecule has 1 unspecified atom stereocenters. The van der Waals surface area contributed by atoms with Gasteiger partial charge in [0, 0.05) is 0 Å². The third kappa shape index (κ3) is 0.721. The average molecular weight is 128 g/mol. The van der Waals surface area contributed by atoms with E-state index in [2.05, 4.69) is 6.92 Å². The van der Waals surface area contributed by atoms with Gasteiger partial charge in [0.1, 0.15) is 6.10 Å². The van der Waals surface area contributed by atoms with Gasteiger partial charge < -0.3 is 9.84 Å². The molecule has 50 valence electrons. The van der Waals surface area contributed by atoms with Crippen molar-refractivity contribution in [3.63, 3.8) is 0 Å². The Morgan fingerprint density at radius 3 is 2.44 bits per heavy atom. The van der Waals surface area contributed by atoms with Gasteiger partial charge in [0.2, 0.25) is 0 Å². The number of hydrogen-bond acceptors (Lipinski definition) is 2. The van der Waals surface area contributed by atoms with Crippen LogP contribution in [-0.2, 0) is 9.53 Å². The number of aliphatic carboxylic acids is 1. The fraction of sp³-hybridized carbons (Fsp3) is 0.500. The van der Waals surface area contributed by atoms with Crippen LogP contribution < -0.4 is 0 Å². The summed E-state index contributed by atoms with van der Waals surface area (Å²) in [5.41, 5.74) is -1.03. The second-order valence-corrected chi connectivity index (χ2v) is 2.04. The SMILES string of the molecule is [CH2]CC1(C(=O)O)O[C]1C. The molecule has 0 aliphatic carbocycles. The predicted molar refractivity (Wildman–Crippen MR) is 30.3 cm³/mol. The molecule has 0 aromatic carbocycles. The normalized spacial score (nSPS) is 34.4. The van der Waals surface area contributed by atoms with Crippen molar-refractivity contribution >= 4 is 5.97 Å². The van der Waals surface area contributed by atoms with Crippen LogP contribution in [0, 0.1) is 13.0 Å². The van der Waals surface area contributed by atoms with Crippen LogP contribution in [0.5, 0.6) is 0 Å². The van der Waals surface area contributed by atoms with E-state index in [0.29, 0.717) is 6.10 Å². The van der Waals surface area contributed by atoms with Crippen LogP contribution in [0.2, 0.25) is 0 Å². The van der Waals surface area contributed by atoms with Gasteiger partial charge in [-0.05, 0) is 20.3 Å². The highest BCUT2D eigenvalue weighted by Gasteiger charge is 2.60. The fourth-order valence-electron chi connectivity index (χ4n) is 0.764. The van der Waals surface area contributed by atoms with Gasteiger partial charge in [0.25, 0.3) is 0 Å². The first-order valence-corrected chi connectivity index (χ1v) is 2.69. The van der Waals surface area contributed by atoms with Gasteiger partial charge in [0.05, 0.1) is 0 Å². The largest absolute Gasteiger partial charge is 0.479 e. The molecule has 2 radical (unpaired) electrons. The molecule has 0 spiro atoms. The Labute approximate surface area is 53.6 Å². The molecule has 3 nitrogen and oxygen atoms in total. The average Bonchev–Trinajstić information content (AvgIpc) is 2.43. The molecule has 9 heavy (non-hydrogen) atoms. The number of carbonyl (C=O) groups is 1. The topological polar surface area (TPSA) is 49.8 Å². The zero-order valence-electron chi connectivity index (χ0n) is 5.18. The van der Waals surface area contributed by atoms with Gasteiger partial charge in [-0.25, -0.2) is 4.79 Å². The fourth-order valence-corrected chi connectivity index (χ4v) is 0.764. The number of ether oxygens (including phenoxy) is 1. The first-order valence-electron chi connectivity index (χ1n) is 2.69. The molecule has 1 aliphatic rings. The summed E-state index contributed by atoms with van der Waals surface area (Å²) in [6, 6.07) is 0. The predicted octanol–water partition coefficient (Wildman–Crippen LogP) is 0.616. The Balaban J connectivity index is 2.62. The van der Waals surface area contributed by atoms with E-state index in [-0.39, 0.29) is 6.42 Å². The first-order chi connectivity index (χ1) is 4.13. The maximum Gasteiger partial charge on any atom is 0.339 e. The van der Waals surface area contributed by atoms with E-state index < -0.39 is 11.6 Å². The van der Waals surface area contributed by atoms with Crippen molar-refractivity contribution in [1.29, 1.82) is 0 Å². The third-order valence-corrected chi connectivity index (χ3v) is 1.55. The van der Waals surface area contributed by atoms with Crippen molar-refractivity contribution in [1.82, 2.24) is 0 Å². The molecule has 1 rings (SSSR count). The molecule has 3 heteroatoms. The molecular formula is C6H8O3. The zero-order chi connectivity index (χ0) is 7.07. The van der Waals surface area contributed by atoms with E-state index in [1.807, 2.05) is 0 Å². The van der Waals surface area contributed by atoms with Crippen molar-refractivity contribution in [2.24, 2.45) is 0 Å². The molecule has 0 aromatic rings. The lowest BCUT2D eigenvalue weighted by Crippen LogP contribution is -2.23. The molecule has 1 saturated heterocycles. The van der Waals surface area contributed by atoms with Crippen LogP contribution in [-0.4, -0.2) is 16.7 Å². The molecular weight excluding hydrogens is 120 g/mol. The van der Waals surface area contributed by atoms with Gasteiger partial charge in [-0.3, -0.25) is 0 Å². The van der Waals surface area contributed by atoms with Crippen molar-refractivity contribution in [3.05, 3.63) is 13.0 Å². The Kier molecular flexibility index (Phi) is 1.24. The van der Waals surface area contributed by atoms with Crippen LogP contribution in [0.15, 0.2) is 0 Å². The summed E-state index contributed by atoms with van der Waals surface area (Å²) >= 11 is 0. The minimum atomic E-state index is -1.03. The number of carboxylic acid groups (broad SMARTS) is 1. The molecule has 1 N–H and O–H groups in total. The Hall–Kier alpha value is -0.570. The van der Waals surface area contributed by atoms with Crippen LogP contribution in [0.1, 0.15) is 13.3 Å². The number of carboxylic acids is 1. The van der Waals surface area contributed by atoms with E-state index in [4.69, 9.17) is 9.84 Å². The Morgan fingerprint density at radius 2 is 2.44 bits per heavy atom. The maximum atomic E-state index is 10.3. The third-order valence-electron chi connectivity index (χ3n) is 1.55. The van der Waals surface area contributed by atoms with Crippen LogP contribution in [0.25, 0.3) is 0 Å². The number of epoxide rings is 1. The summed E-state index contributed by atoms with van der Waals surface area (Å²) in [5.74, 6) is -0.935. The lowest BCUT2D eigenvalue weighted by Gasteiger charge is -1.98. The van der Waals surface area contributed by atoms with E-state index >= 15 is 0 Å². The smallest absolute Gasteiger partial charge is 0.339 e. The van der Waals surface area contributed by atoms with E-state index in [9.17, 15) is 4.79 Å². The Bertz CT molecular complexity index is 139. The molecule has 0 aromatic heterocycles. The summed E-state index contributed by atoms with van der Waals surface area (Å²) < 4.78 is 4.77. The maximum absolute atomic E-state index is 10.3. The van der Waals surface area contributed by atoms with Crippen LogP contribution >= 0.6 is 0 Å². The molecule has 1 atom stereocenters. The second kappa shape index (κ2) is 1.70. The summed E-state index contributed by atoms with van der Waals surface area (Å²) in [6.45, 7) is 5.12. The lowest BCUT2D eigenvalue weighted by atomic mass is 10.0. The van der Waals surface area contributed by atoms with Crippen molar-refractivity contribution in [2.75, 3.05) is 0 Å². The number of rotatable bonds is 2. The highest BCUT2D eigenvalue weighted by Crippen LogP contribution is 2.45. The molecule has 1 aliphatic heterocycles. The quantitative estimate of drug-likeness (QED) is 0.554. The van der Waals surface area contributed by atoms with Crippen LogP contribution in [0.4, 0.5) is 0 Å². The molecule has 1 heterocycles. The molecule has 0 amide bonds. The van der Waals surface area contributed by atoms with Gasteiger partial charge in [-0.15, -0.1) is 0 Å². The summed E-state index contributed by atoms with van der Waals surface area (Å²) in [4.78, 5) is 10.3. The summed E-state index contributed by atoms with van der Waals surface area (Å²) in [7, 11) is 0. The van der Waals surface area contributed by atoms with Gasteiger partial charge >= 0.3 is 5.97 Å². The number of hydrogen-bond donors (Lipinski definition) is 1. The molecule has 0 saturated carbocycles. The minimum Gasteiger partial charge on any atom is -0.479 e. The zero-order valence-corrected chi connectivity index (χ0v) is 5.18. The van der Waals surface area contributed by atoms with Crippen molar-refractivity contribution in [2.45, 2.75) is 18.9 Å².